The zero-order valence-corrected chi connectivity index (χ0v) is 15.9. The predicted molar refractivity (Wildman–Crippen MR) is 102 cm³/mol. The lowest BCUT2D eigenvalue weighted by Gasteiger charge is -2.15. The molecule has 0 unspecified atom stereocenters. The second-order valence-electron chi connectivity index (χ2n) is 6.16. The van der Waals surface area contributed by atoms with Gasteiger partial charge in [0, 0.05) is 6.54 Å². The number of carbonyl (C=O) groups is 1. The van der Waals surface area contributed by atoms with Crippen LogP contribution < -0.4 is 19.5 Å². The zero-order valence-electron chi connectivity index (χ0n) is 15.9. The van der Waals surface area contributed by atoms with Crippen LogP contribution in [0.15, 0.2) is 42.5 Å². The molecule has 0 aliphatic heterocycles. The average Bonchev–Trinajstić information content (AvgIpc) is 2.66. The van der Waals surface area contributed by atoms with Gasteiger partial charge in [-0.1, -0.05) is 23.8 Å². The second kappa shape index (κ2) is 9.70. The first kappa shape index (κ1) is 19.6. The molecule has 1 amide bonds. The Hall–Kier alpha value is -2.69. The Balaban J connectivity index is 1.75. The van der Waals surface area contributed by atoms with Gasteiger partial charge in [0.25, 0.3) is 5.91 Å². The molecule has 0 spiro atoms. The topological polar surface area (TPSA) is 56.8 Å². The maximum absolute atomic E-state index is 12.1. The van der Waals surface area contributed by atoms with E-state index in [1.165, 1.54) is 0 Å². The van der Waals surface area contributed by atoms with Crippen LogP contribution in [0.3, 0.4) is 0 Å². The van der Waals surface area contributed by atoms with Gasteiger partial charge in [-0.15, -0.1) is 0 Å². The standard InChI is InChI=1S/C21H27NO4/c1-15-7-10-18(11-8-15)26-16(2)21(23)22-13-5-6-17-9-12-19(24-3)20(14-17)25-4/h7-12,14,16H,5-6,13H2,1-4H3,(H,22,23)/t16-/m0/s1. The fraction of sp³-hybridized carbons (Fsp3) is 0.381. The van der Waals surface area contributed by atoms with Gasteiger partial charge in [0.15, 0.2) is 17.6 Å². The number of aryl methyl sites for hydroxylation is 2. The molecule has 5 heteroatoms. The third-order valence-corrected chi connectivity index (χ3v) is 4.09. The molecule has 0 aliphatic carbocycles. The SMILES string of the molecule is COc1ccc(CCCNC(=O)[C@H](C)Oc2ccc(C)cc2)cc1OC. The number of nitrogens with one attached hydrogen (secondary N) is 1. The van der Waals surface area contributed by atoms with Crippen LogP contribution in [-0.2, 0) is 11.2 Å². The molecule has 1 N–H and O–H groups in total. The lowest BCUT2D eigenvalue weighted by Crippen LogP contribution is -2.36. The van der Waals surface area contributed by atoms with E-state index in [1.54, 1.807) is 21.1 Å². The van der Waals surface area contributed by atoms with Gasteiger partial charge in [0.05, 0.1) is 14.2 Å². The minimum atomic E-state index is -0.529. The molecular formula is C21H27NO4. The number of carbonyl (C=O) groups excluding carboxylic acids is 1. The maximum Gasteiger partial charge on any atom is 0.260 e. The van der Waals surface area contributed by atoms with Gasteiger partial charge in [0.1, 0.15) is 5.75 Å². The van der Waals surface area contributed by atoms with E-state index in [0.29, 0.717) is 23.8 Å². The van der Waals surface area contributed by atoms with Crippen molar-refractivity contribution in [2.24, 2.45) is 0 Å². The Morgan fingerprint density at radius 2 is 1.73 bits per heavy atom. The number of hydrogen-bond acceptors (Lipinski definition) is 4. The minimum absolute atomic E-state index is 0.113. The average molecular weight is 357 g/mol. The van der Waals surface area contributed by atoms with E-state index in [0.717, 1.165) is 24.0 Å². The molecule has 0 radical (unpaired) electrons. The van der Waals surface area contributed by atoms with Crippen molar-refractivity contribution in [1.82, 2.24) is 5.32 Å². The summed E-state index contributed by atoms with van der Waals surface area (Å²) < 4.78 is 16.2. The highest BCUT2D eigenvalue weighted by molar-refractivity contribution is 5.80. The summed E-state index contributed by atoms with van der Waals surface area (Å²) in [6.45, 7) is 4.36. The summed E-state index contributed by atoms with van der Waals surface area (Å²) in [5.74, 6) is 2.02. The molecule has 2 aromatic carbocycles. The Morgan fingerprint density at radius 1 is 1.04 bits per heavy atom. The molecule has 2 rings (SSSR count). The quantitative estimate of drug-likeness (QED) is 0.698. The fourth-order valence-corrected chi connectivity index (χ4v) is 2.56. The summed E-state index contributed by atoms with van der Waals surface area (Å²) in [5.41, 5.74) is 2.30. The van der Waals surface area contributed by atoms with E-state index >= 15 is 0 Å². The molecule has 0 saturated carbocycles. The van der Waals surface area contributed by atoms with Crippen molar-refractivity contribution in [1.29, 1.82) is 0 Å². The molecule has 2 aromatic rings. The van der Waals surface area contributed by atoms with Gasteiger partial charge >= 0.3 is 0 Å². The molecule has 0 aromatic heterocycles. The summed E-state index contributed by atoms with van der Waals surface area (Å²) in [6, 6.07) is 13.5. The largest absolute Gasteiger partial charge is 0.493 e. The van der Waals surface area contributed by atoms with E-state index in [1.807, 2.05) is 49.4 Å². The Morgan fingerprint density at radius 3 is 2.38 bits per heavy atom. The maximum atomic E-state index is 12.1. The molecule has 140 valence electrons. The van der Waals surface area contributed by atoms with Gasteiger partial charge in [-0.05, 0) is 56.5 Å². The number of rotatable bonds is 9. The van der Waals surface area contributed by atoms with Crippen LogP contribution in [-0.4, -0.2) is 32.8 Å². The van der Waals surface area contributed by atoms with Crippen molar-refractivity contribution in [2.75, 3.05) is 20.8 Å². The third kappa shape index (κ3) is 5.69. The number of ether oxygens (including phenoxy) is 3. The highest BCUT2D eigenvalue weighted by Crippen LogP contribution is 2.27. The Labute approximate surface area is 155 Å². The summed E-state index contributed by atoms with van der Waals surface area (Å²) in [5, 5.41) is 2.92. The van der Waals surface area contributed by atoms with E-state index in [4.69, 9.17) is 14.2 Å². The van der Waals surface area contributed by atoms with E-state index in [9.17, 15) is 4.79 Å². The first-order chi connectivity index (χ1) is 12.5. The van der Waals surface area contributed by atoms with E-state index in [-0.39, 0.29) is 5.91 Å². The highest BCUT2D eigenvalue weighted by Gasteiger charge is 2.14. The first-order valence-electron chi connectivity index (χ1n) is 8.75. The van der Waals surface area contributed by atoms with Crippen molar-refractivity contribution >= 4 is 5.91 Å². The van der Waals surface area contributed by atoms with Gasteiger partial charge in [-0.2, -0.15) is 0 Å². The van der Waals surface area contributed by atoms with Crippen molar-refractivity contribution in [2.45, 2.75) is 32.8 Å². The molecular weight excluding hydrogens is 330 g/mol. The summed E-state index contributed by atoms with van der Waals surface area (Å²) in [7, 11) is 3.24. The minimum Gasteiger partial charge on any atom is -0.493 e. The summed E-state index contributed by atoms with van der Waals surface area (Å²) in [6.07, 6.45) is 1.14. The molecule has 0 heterocycles. The Kier molecular flexibility index (Phi) is 7.33. The molecule has 0 aliphatic rings. The monoisotopic (exact) mass is 357 g/mol. The summed E-state index contributed by atoms with van der Waals surface area (Å²) >= 11 is 0. The van der Waals surface area contributed by atoms with Crippen LogP contribution in [0.4, 0.5) is 0 Å². The smallest absolute Gasteiger partial charge is 0.260 e. The molecule has 0 fully saturated rings. The number of benzene rings is 2. The van der Waals surface area contributed by atoms with Gasteiger partial charge < -0.3 is 19.5 Å². The first-order valence-corrected chi connectivity index (χ1v) is 8.75. The van der Waals surface area contributed by atoms with Crippen molar-refractivity contribution in [3.63, 3.8) is 0 Å². The van der Waals surface area contributed by atoms with Crippen molar-refractivity contribution in [3.8, 4) is 17.2 Å². The van der Waals surface area contributed by atoms with Crippen LogP contribution in [0, 0.1) is 6.92 Å². The van der Waals surface area contributed by atoms with Crippen LogP contribution in [0.1, 0.15) is 24.5 Å². The molecule has 26 heavy (non-hydrogen) atoms. The van der Waals surface area contributed by atoms with Gasteiger partial charge in [0.2, 0.25) is 0 Å². The molecule has 0 saturated heterocycles. The van der Waals surface area contributed by atoms with Crippen LogP contribution in [0.5, 0.6) is 17.2 Å². The number of hydrogen-bond donors (Lipinski definition) is 1. The van der Waals surface area contributed by atoms with E-state index < -0.39 is 6.10 Å². The number of methoxy groups -OCH3 is 2. The third-order valence-electron chi connectivity index (χ3n) is 4.09. The Bertz CT molecular complexity index is 712. The molecule has 0 bridgehead atoms. The fourth-order valence-electron chi connectivity index (χ4n) is 2.56. The van der Waals surface area contributed by atoms with Crippen LogP contribution in [0.2, 0.25) is 0 Å². The second-order valence-corrected chi connectivity index (χ2v) is 6.16. The molecule has 5 nitrogen and oxygen atoms in total. The van der Waals surface area contributed by atoms with Crippen LogP contribution in [0.25, 0.3) is 0 Å². The lowest BCUT2D eigenvalue weighted by atomic mass is 10.1. The predicted octanol–water partition coefficient (Wildman–Crippen LogP) is 3.53. The summed E-state index contributed by atoms with van der Waals surface area (Å²) in [4.78, 5) is 12.1. The van der Waals surface area contributed by atoms with Gasteiger partial charge in [-0.3, -0.25) is 4.79 Å². The van der Waals surface area contributed by atoms with Crippen molar-refractivity contribution < 1.29 is 19.0 Å². The lowest BCUT2D eigenvalue weighted by molar-refractivity contribution is -0.127. The molecule has 1 atom stereocenters. The normalized spacial score (nSPS) is 11.5. The van der Waals surface area contributed by atoms with Crippen molar-refractivity contribution in [3.05, 3.63) is 53.6 Å². The van der Waals surface area contributed by atoms with Crippen LogP contribution >= 0.6 is 0 Å². The number of amides is 1. The van der Waals surface area contributed by atoms with Gasteiger partial charge in [-0.25, -0.2) is 0 Å². The van der Waals surface area contributed by atoms with E-state index in [2.05, 4.69) is 5.32 Å². The zero-order chi connectivity index (χ0) is 18.9. The highest BCUT2D eigenvalue weighted by atomic mass is 16.5.